The number of nitrogens with zero attached hydrogens (tertiary/aromatic N) is 3. The average Bonchev–Trinajstić information content (AvgIpc) is 3.95. The molecule has 0 aromatic heterocycles. The molecule has 1 unspecified atom stereocenters. The fourth-order valence-electron chi connectivity index (χ4n) is 8.03. The van der Waals surface area contributed by atoms with E-state index in [1.54, 1.807) is 9.80 Å². The lowest BCUT2D eigenvalue weighted by Crippen LogP contribution is -2.46. The van der Waals surface area contributed by atoms with Crippen molar-refractivity contribution in [3.05, 3.63) is 108 Å². The van der Waals surface area contributed by atoms with Crippen LogP contribution in [0.25, 0.3) is 0 Å². The Hall–Kier alpha value is -4.61. The average molecular weight is 775 g/mol. The zero-order valence-corrected chi connectivity index (χ0v) is 31.2. The number of benzene rings is 3. The summed E-state index contributed by atoms with van der Waals surface area (Å²) in [5.41, 5.74) is 3.42. The number of amides is 3. The maximum Gasteiger partial charge on any atom is 0.410 e. The van der Waals surface area contributed by atoms with Crippen molar-refractivity contribution in [1.82, 2.24) is 14.7 Å². The summed E-state index contributed by atoms with van der Waals surface area (Å²) in [6.45, 7) is 7.33. The molecular formula is C45H63N3O8. The lowest BCUT2D eigenvalue weighted by Gasteiger charge is -2.38. The van der Waals surface area contributed by atoms with Gasteiger partial charge in [-0.3, -0.25) is 0 Å². The van der Waals surface area contributed by atoms with Gasteiger partial charge in [-0.05, 0) is 54.2 Å². The summed E-state index contributed by atoms with van der Waals surface area (Å²) in [6.07, 6.45) is 8.46. The largest absolute Gasteiger partial charge is 0.445 e. The van der Waals surface area contributed by atoms with Crippen molar-refractivity contribution in [2.45, 2.75) is 97.2 Å². The predicted molar refractivity (Wildman–Crippen MR) is 217 cm³/mol. The van der Waals surface area contributed by atoms with Crippen LogP contribution in [0, 0.1) is 5.41 Å². The molecule has 5 heterocycles. The number of ether oxygens (including phenoxy) is 5. The van der Waals surface area contributed by atoms with E-state index in [0.29, 0.717) is 38.3 Å². The Bertz CT molecular complexity index is 1490. The highest BCUT2D eigenvalue weighted by Gasteiger charge is 2.47. The van der Waals surface area contributed by atoms with E-state index >= 15 is 0 Å². The highest BCUT2D eigenvalue weighted by Crippen LogP contribution is 2.48. The summed E-state index contributed by atoms with van der Waals surface area (Å²) in [5, 5.41) is 0. The van der Waals surface area contributed by atoms with Crippen LogP contribution in [0.1, 0.15) is 84.3 Å². The van der Waals surface area contributed by atoms with Crippen molar-refractivity contribution in [3.8, 4) is 0 Å². The standard InChI is InChI=1S/C15H19NO2.2C14H17NO3.2CH4.H2/c17-14(18-11-13-5-2-1-3-6-13)16-10-9-15(12-16)7-4-8-15;2*16-13(17-10-12-4-2-1-3-5-12)15-8-6-14(11-15)7-9-18-14;;;/h1-3,5-6H,4,7-12H2;2*1-5H,6-11H2;2*1H4;1H/t;14-;;;;/m.0..../s1/i;;;;;1+1. The molecule has 0 radical (unpaired) electrons. The van der Waals surface area contributed by atoms with E-state index in [0.717, 1.165) is 88.2 Å². The summed E-state index contributed by atoms with van der Waals surface area (Å²) in [6, 6.07) is 29.3. The second kappa shape index (κ2) is 19.5. The van der Waals surface area contributed by atoms with Gasteiger partial charge in [0.15, 0.2) is 0 Å². The maximum absolute atomic E-state index is 12.0. The Morgan fingerprint density at radius 1 is 0.500 bits per heavy atom. The minimum atomic E-state index is -0.230. The van der Waals surface area contributed by atoms with Crippen LogP contribution in [0.15, 0.2) is 91.0 Å². The fraction of sp³-hybridized carbons (Fsp3) is 0.533. The molecule has 306 valence electrons. The van der Waals surface area contributed by atoms with E-state index in [-0.39, 0.29) is 45.8 Å². The molecule has 6 aliphatic rings. The number of likely N-dealkylation sites (tertiary alicyclic amines) is 3. The minimum absolute atomic E-state index is 0. The third-order valence-electron chi connectivity index (χ3n) is 11.8. The molecule has 1 saturated carbocycles. The Morgan fingerprint density at radius 2 is 0.839 bits per heavy atom. The van der Waals surface area contributed by atoms with Crippen LogP contribution >= 0.6 is 0 Å². The normalized spacial score (nSPS) is 23.5. The molecule has 1 aliphatic carbocycles. The third kappa shape index (κ3) is 10.8. The van der Waals surface area contributed by atoms with Crippen LogP contribution < -0.4 is 0 Å². The van der Waals surface area contributed by atoms with E-state index in [2.05, 4.69) is 0 Å². The second-order valence-corrected chi connectivity index (χ2v) is 15.6. The molecular weight excluding hydrogens is 711 g/mol. The smallest absolute Gasteiger partial charge is 0.410 e. The monoisotopic (exact) mass is 774 g/mol. The number of carbonyl (C=O) groups is 3. The van der Waals surface area contributed by atoms with Crippen LogP contribution in [0.4, 0.5) is 14.4 Å². The minimum Gasteiger partial charge on any atom is -0.445 e. The van der Waals surface area contributed by atoms with Gasteiger partial charge in [-0.25, -0.2) is 14.4 Å². The summed E-state index contributed by atoms with van der Waals surface area (Å²) in [4.78, 5) is 41.1. The lowest BCUT2D eigenvalue weighted by atomic mass is 9.68. The highest BCUT2D eigenvalue weighted by atomic mass is 16.6. The van der Waals surface area contributed by atoms with Crippen molar-refractivity contribution < 1.29 is 39.5 Å². The van der Waals surface area contributed by atoms with E-state index in [4.69, 9.17) is 23.7 Å². The van der Waals surface area contributed by atoms with Crippen LogP contribution in [-0.4, -0.2) is 96.7 Å². The molecule has 56 heavy (non-hydrogen) atoms. The van der Waals surface area contributed by atoms with E-state index in [1.165, 1.54) is 19.3 Å². The SMILES string of the molecule is C.C.O=C(OCc1ccccc1)N1CCC2(CCC2)C1.O=C(OCc1ccccc1)N1CCC2(CCO2)C1.O=C(OCc1ccccc1)N1CC[C@]2(CCO2)C1.[2HH]. The first-order valence-corrected chi connectivity index (χ1v) is 19.5. The summed E-state index contributed by atoms with van der Waals surface area (Å²) in [5.74, 6) is 0. The highest BCUT2D eigenvalue weighted by molar-refractivity contribution is 5.69. The van der Waals surface area contributed by atoms with Gasteiger partial charge in [0.05, 0.1) is 37.5 Å². The molecule has 3 amide bonds. The molecule has 5 aliphatic heterocycles. The van der Waals surface area contributed by atoms with Crippen LogP contribution in [-0.2, 0) is 43.5 Å². The van der Waals surface area contributed by atoms with Gasteiger partial charge in [0.2, 0.25) is 0 Å². The van der Waals surface area contributed by atoms with Gasteiger partial charge in [0.25, 0.3) is 0 Å². The molecule has 9 rings (SSSR count). The van der Waals surface area contributed by atoms with E-state index in [1.807, 2.05) is 95.9 Å². The van der Waals surface area contributed by atoms with Crippen molar-refractivity contribution in [1.29, 1.82) is 0 Å². The van der Waals surface area contributed by atoms with Gasteiger partial charge in [-0.15, -0.1) is 0 Å². The number of carbonyl (C=O) groups excluding carboxylic acids is 3. The zero-order valence-electron chi connectivity index (χ0n) is 31.2. The Balaban J connectivity index is 0.000000185. The van der Waals surface area contributed by atoms with Crippen molar-refractivity contribution in [2.75, 3.05) is 52.5 Å². The second-order valence-electron chi connectivity index (χ2n) is 15.6. The quantitative estimate of drug-likeness (QED) is 0.229. The number of hydrogen-bond donors (Lipinski definition) is 0. The van der Waals surface area contributed by atoms with E-state index in [9.17, 15) is 14.4 Å². The predicted octanol–water partition coefficient (Wildman–Crippen LogP) is 9.09. The molecule has 5 saturated heterocycles. The first-order chi connectivity index (χ1) is 26.3. The lowest BCUT2D eigenvalue weighted by molar-refractivity contribution is -0.136. The number of rotatable bonds is 6. The van der Waals surface area contributed by atoms with Crippen LogP contribution in [0.3, 0.4) is 0 Å². The first kappa shape index (κ1) is 42.5. The molecule has 11 heteroatoms. The zero-order chi connectivity index (χ0) is 37.3. The number of hydrogen-bond acceptors (Lipinski definition) is 8. The van der Waals surface area contributed by atoms with Crippen LogP contribution in [0.5, 0.6) is 0 Å². The van der Waals surface area contributed by atoms with E-state index < -0.39 is 0 Å². The Kier molecular flexibility index (Phi) is 14.8. The van der Waals surface area contributed by atoms with Gasteiger partial charge in [0, 0.05) is 40.4 Å². The molecule has 2 atom stereocenters. The molecule has 11 nitrogen and oxygen atoms in total. The Morgan fingerprint density at radius 3 is 1.11 bits per heavy atom. The van der Waals surface area contributed by atoms with Crippen LogP contribution in [0.2, 0.25) is 0 Å². The van der Waals surface area contributed by atoms with Crippen molar-refractivity contribution in [3.63, 3.8) is 0 Å². The molecule has 0 N–H and O–H groups in total. The third-order valence-corrected chi connectivity index (χ3v) is 11.8. The van der Waals surface area contributed by atoms with Gasteiger partial charge in [-0.2, -0.15) is 0 Å². The molecule has 0 bridgehead atoms. The fourth-order valence-corrected chi connectivity index (χ4v) is 8.03. The molecule has 3 spiro atoms. The Labute approximate surface area is 334 Å². The molecule has 3 aromatic carbocycles. The first-order valence-electron chi connectivity index (χ1n) is 19.5. The maximum atomic E-state index is 12.0. The topological polar surface area (TPSA) is 107 Å². The molecule has 3 aromatic rings. The summed E-state index contributed by atoms with van der Waals surface area (Å²) < 4.78 is 27.1. The van der Waals surface area contributed by atoms with Gasteiger partial charge in [-0.1, -0.05) is 112 Å². The van der Waals surface area contributed by atoms with Gasteiger partial charge >= 0.3 is 18.3 Å². The van der Waals surface area contributed by atoms with Gasteiger partial charge < -0.3 is 38.4 Å². The van der Waals surface area contributed by atoms with Gasteiger partial charge in [0.1, 0.15) is 19.8 Å². The van der Waals surface area contributed by atoms with Crippen molar-refractivity contribution >= 4 is 18.3 Å². The van der Waals surface area contributed by atoms with Crippen molar-refractivity contribution in [2.24, 2.45) is 5.41 Å². The summed E-state index contributed by atoms with van der Waals surface area (Å²) in [7, 11) is 0. The summed E-state index contributed by atoms with van der Waals surface area (Å²) >= 11 is 0. The molecule has 6 fully saturated rings.